The number of aryl methyl sites for hydroxylation is 1. The summed E-state index contributed by atoms with van der Waals surface area (Å²) in [5.41, 5.74) is 3.56. The van der Waals surface area contributed by atoms with Crippen LogP contribution in [0.4, 0.5) is 0 Å². The highest BCUT2D eigenvalue weighted by Crippen LogP contribution is 2.48. The zero-order valence-corrected chi connectivity index (χ0v) is 42.3. The maximum atomic E-state index is 12.4. The highest BCUT2D eigenvalue weighted by molar-refractivity contribution is 7.92. The van der Waals surface area contributed by atoms with Crippen LogP contribution in [0.2, 0.25) is 10.0 Å². The molecule has 0 fully saturated rings. The van der Waals surface area contributed by atoms with Gasteiger partial charge in [-0.3, -0.25) is 0 Å². The predicted molar refractivity (Wildman–Crippen MR) is 258 cm³/mol. The van der Waals surface area contributed by atoms with Gasteiger partial charge in [-0.1, -0.05) is 67.4 Å². The van der Waals surface area contributed by atoms with Gasteiger partial charge < -0.3 is 23.4 Å². The molecule has 2 heterocycles. The number of aromatic nitrogens is 2. The van der Waals surface area contributed by atoms with Crippen molar-refractivity contribution in [2.45, 2.75) is 73.4 Å². The number of sulfone groups is 2. The largest absolute Gasteiger partial charge is 0.491 e. The second-order valence-corrected chi connectivity index (χ2v) is 22.6. The molecule has 4 aromatic carbocycles. The van der Waals surface area contributed by atoms with Crippen molar-refractivity contribution < 1.29 is 40.2 Å². The third-order valence-corrected chi connectivity index (χ3v) is 15.7. The van der Waals surface area contributed by atoms with Crippen molar-refractivity contribution >= 4 is 77.4 Å². The van der Waals surface area contributed by atoms with Gasteiger partial charge >= 0.3 is 0 Å². The first-order valence-electron chi connectivity index (χ1n) is 20.4. The molecule has 2 aromatic heterocycles. The fraction of sp³-hybridized carbons (Fsp3) is 0.340. The first kappa shape index (κ1) is 50.9. The Hall–Kier alpha value is -4.53. The van der Waals surface area contributed by atoms with E-state index in [9.17, 15) is 22.1 Å². The molecular formula is C47H47Cl4N3O9S3. The summed E-state index contributed by atoms with van der Waals surface area (Å²) in [6.45, 7) is 8.30. The summed E-state index contributed by atoms with van der Waals surface area (Å²) in [4.78, 5) is 8.10. The molecule has 0 aliphatic heterocycles. The Morgan fingerprint density at radius 2 is 1.32 bits per heavy atom. The Morgan fingerprint density at radius 1 is 0.773 bits per heavy atom. The summed E-state index contributed by atoms with van der Waals surface area (Å²) in [6, 6.07) is 25.0. The van der Waals surface area contributed by atoms with E-state index in [1.54, 1.807) is 24.4 Å². The number of hydrogen-bond acceptors (Lipinski definition) is 13. The van der Waals surface area contributed by atoms with Crippen LogP contribution >= 0.6 is 57.7 Å². The first-order chi connectivity index (χ1) is 31.2. The minimum Gasteiger partial charge on any atom is -0.491 e. The Labute approximate surface area is 409 Å². The number of halogens is 4. The van der Waals surface area contributed by atoms with Crippen molar-refractivity contribution in [3.63, 3.8) is 0 Å². The summed E-state index contributed by atoms with van der Waals surface area (Å²) in [7, 11) is -7.11. The topological polar surface area (TPSA) is 168 Å². The molecule has 0 radical (unpaired) electrons. The molecule has 0 saturated heterocycles. The molecule has 350 valence electrons. The SMILES string of the molecule is Cc1cc(C(C)(CCC(C)(c2ccc(O[C@H](C)c3ocnc3S(C)(=O)=O)cc2)c2cc(Cl)c(OCCCl)c(Cl)c2)c2ccc(OCc3csc(S(C)(=O)=O)n3)cc2)cc(C#N)c1OCCCl. The number of benzene rings is 4. The van der Waals surface area contributed by atoms with Crippen LogP contribution in [0.1, 0.15) is 84.6 Å². The van der Waals surface area contributed by atoms with E-state index in [0.29, 0.717) is 57.1 Å². The van der Waals surface area contributed by atoms with Crippen LogP contribution in [0.25, 0.3) is 0 Å². The third kappa shape index (κ3) is 11.6. The lowest BCUT2D eigenvalue weighted by Gasteiger charge is -2.38. The van der Waals surface area contributed by atoms with Crippen LogP contribution in [-0.2, 0) is 37.1 Å². The van der Waals surface area contributed by atoms with Crippen molar-refractivity contribution in [3.05, 3.63) is 139 Å². The normalized spacial score (nSPS) is 14.1. The lowest BCUT2D eigenvalue weighted by atomic mass is 9.65. The van der Waals surface area contributed by atoms with Gasteiger partial charge in [0.05, 0.1) is 33.1 Å². The standard InChI is InChI=1S/C47H47Cl4N3O9S3/c1-29-21-34(22-31(25-52)41(29)59-19-17-48)46(3,32-7-11-37(12-8-32)61-26-36-27-64-45(54-36)66(6,57)58)15-16-47(4,35-23-39(50)43(40(51)24-35)60-20-18-49)33-9-13-38(14-10-33)63-30(2)42-44(53-28-62-42)65(5,55)56/h7-14,21-24,27-28,30H,15-20,26H2,1-6H3/t30-,46?,47?/m1/s1. The minimum atomic E-state index is -3.66. The highest BCUT2D eigenvalue weighted by atomic mass is 35.5. The average Bonchev–Trinajstić information content (AvgIpc) is 3.99. The molecule has 2 unspecified atom stereocenters. The van der Waals surface area contributed by atoms with Crippen LogP contribution in [-0.4, -0.2) is 64.3 Å². The Balaban J connectivity index is 1.41. The van der Waals surface area contributed by atoms with Crippen LogP contribution in [0.5, 0.6) is 23.0 Å². The average molecular weight is 1040 g/mol. The maximum Gasteiger partial charge on any atom is 0.209 e. The van der Waals surface area contributed by atoms with E-state index < -0.39 is 36.6 Å². The van der Waals surface area contributed by atoms with Gasteiger partial charge in [0.1, 0.15) is 43.1 Å². The molecular weight excluding hydrogens is 989 g/mol. The Kier molecular flexibility index (Phi) is 16.3. The van der Waals surface area contributed by atoms with Crippen molar-refractivity contribution in [1.29, 1.82) is 5.26 Å². The van der Waals surface area contributed by atoms with E-state index in [1.165, 1.54) is 0 Å². The van der Waals surface area contributed by atoms with Crippen molar-refractivity contribution in [2.24, 2.45) is 0 Å². The van der Waals surface area contributed by atoms with E-state index in [-0.39, 0.29) is 46.7 Å². The molecule has 19 heteroatoms. The summed E-state index contributed by atoms with van der Waals surface area (Å²) in [6.07, 6.45) is 3.48. The number of alkyl halides is 2. The molecule has 0 amide bonds. The van der Waals surface area contributed by atoms with Crippen LogP contribution < -0.4 is 18.9 Å². The van der Waals surface area contributed by atoms with Crippen LogP contribution in [0.15, 0.2) is 98.4 Å². The van der Waals surface area contributed by atoms with Crippen LogP contribution in [0, 0.1) is 18.3 Å². The molecule has 0 aliphatic carbocycles. The number of rotatable bonds is 21. The number of nitrogens with zero attached hydrogens (tertiary/aromatic N) is 3. The molecule has 0 aliphatic rings. The smallest absolute Gasteiger partial charge is 0.209 e. The second kappa shape index (κ2) is 21.2. The third-order valence-electron chi connectivity index (χ3n) is 11.3. The maximum absolute atomic E-state index is 12.4. The number of hydrogen-bond donors (Lipinski definition) is 0. The molecule has 0 spiro atoms. The van der Waals surface area contributed by atoms with E-state index in [2.05, 4.69) is 29.9 Å². The number of oxazole rings is 1. The van der Waals surface area contributed by atoms with Crippen molar-refractivity contribution in [3.8, 4) is 29.1 Å². The van der Waals surface area contributed by atoms with Gasteiger partial charge in [-0.15, -0.1) is 34.5 Å². The lowest BCUT2D eigenvalue weighted by molar-refractivity contribution is 0.191. The number of nitriles is 1. The van der Waals surface area contributed by atoms with E-state index in [0.717, 1.165) is 58.1 Å². The fourth-order valence-corrected chi connectivity index (χ4v) is 10.8. The summed E-state index contributed by atoms with van der Waals surface area (Å²) in [5.74, 6) is 2.36. The molecule has 6 aromatic rings. The summed E-state index contributed by atoms with van der Waals surface area (Å²) in [5, 5.41) is 12.5. The van der Waals surface area contributed by atoms with Gasteiger partial charge in [0.15, 0.2) is 38.9 Å². The van der Waals surface area contributed by atoms with E-state index in [1.807, 2.05) is 67.6 Å². The summed E-state index contributed by atoms with van der Waals surface area (Å²) < 4.78 is 78.2. The van der Waals surface area contributed by atoms with Gasteiger partial charge in [0.2, 0.25) is 14.2 Å². The van der Waals surface area contributed by atoms with Gasteiger partial charge in [0, 0.05) is 28.7 Å². The highest BCUT2D eigenvalue weighted by Gasteiger charge is 2.37. The van der Waals surface area contributed by atoms with Gasteiger partial charge in [0.25, 0.3) is 0 Å². The van der Waals surface area contributed by atoms with Crippen molar-refractivity contribution in [1.82, 2.24) is 9.97 Å². The van der Waals surface area contributed by atoms with E-state index >= 15 is 0 Å². The fourth-order valence-electron chi connectivity index (χ4n) is 7.63. The summed E-state index contributed by atoms with van der Waals surface area (Å²) >= 11 is 26.8. The quantitative estimate of drug-likeness (QED) is 0.0627. The van der Waals surface area contributed by atoms with Crippen molar-refractivity contribution in [2.75, 3.05) is 37.5 Å². The molecule has 6 rings (SSSR count). The Morgan fingerprint density at radius 3 is 1.83 bits per heavy atom. The zero-order chi connectivity index (χ0) is 48.0. The van der Waals surface area contributed by atoms with E-state index in [4.69, 9.17) is 69.8 Å². The van der Waals surface area contributed by atoms with Gasteiger partial charge in [-0.2, -0.15) is 5.26 Å². The molecule has 0 N–H and O–H groups in total. The molecule has 3 atom stereocenters. The molecule has 0 saturated carbocycles. The number of ether oxygens (including phenoxy) is 4. The van der Waals surface area contributed by atoms with Gasteiger partial charge in [-0.25, -0.2) is 26.8 Å². The zero-order valence-electron chi connectivity index (χ0n) is 36.9. The van der Waals surface area contributed by atoms with Crippen LogP contribution in [0.3, 0.4) is 0 Å². The minimum absolute atomic E-state index is 0.0252. The molecule has 66 heavy (non-hydrogen) atoms. The Bertz CT molecular complexity index is 2920. The van der Waals surface area contributed by atoms with Gasteiger partial charge in [-0.05, 0) is 97.0 Å². The predicted octanol–water partition coefficient (Wildman–Crippen LogP) is 11.5. The lowest BCUT2D eigenvalue weighted by Crippen LogP contribution is -2.31. The molecule has 0 bridgehead atoms. The monoisotopic (exact) mass is 1030 g/mol. The molecule has 12 nitrogen and oxygen atoms in total. The second-order valence-electron chi connectivity index (χ2n) is 16.1. The first-order valence-corrected chi connectivity index (χ1v) is 26.9. The number of thiazole rings is 1.